The molecular formula is C20H24O5. The Balaban J connectivity index is 1.68. The lowest BCUT2D eigenvalue weighted by atomic mass is 9.54. The SMILES string of the molecule is C=C1C(=O)O[C@H]2[C@@H]1CC[C@@]1(C)[C@H](OC(=O)/C(C)=C\C)[C@@H]3O[C@@H]3C(=C)[C@H]21. The first-order valence-corrected chi connectivity index (χ1v) is 8.87. The molecule has 0 unspecified atom stereocenters. The number of rotatable bonds is 2. The van der Waals surface area contributed by atoms with E-state index in [0.29, 0.717) is 11.1 Å². The predicted octanol–water partition coefficient (Wildman–Crippen LogP) is 2.72. The summed E-state index contributed by atoms with van der Waals surface area (Å²) >= 11 is 0. The zero-order chi connectivity index (χ0) is 18.1. The van der Waals surface area contributed by atoms with Gasteiger partial charge in [-0.1, -0.05) is 26.2 Å². The molecule has 2 saturated carbocycles. The maximum absolute atomic E-state index is 12.4. The summed E-state index contributed by atoms with van der Waals surface area (Å²) in [5.74, 6) is -0.693. The Morgan fingerprint density at radius 1 is 1.36 bits per heavy atom. The summed E-state index contributed by atoms with van der Waals surface area (Å²) in [5.41, 5.74) is 1.73. The number of esters is 2. The van der Waals surface area contributed by atoms with E-state index in [1.54, 1.807) is 13.0 Å². The second-order valence-corrected chi connectivity index (χ2v) is 7.92. The minimum atomic E-state index is -0.357. The van der Waals surface area contributed by atoms with Gasteiger partial charge in [-0.05, 0) is 32.3 Å². The molecule has 4 fully saturated rings. The molecule has 5 heteroatoms. The summed E-state index contributed by atoms with van der Waals surface area (Å²) in [5, 5.41) is 0. The molecule has 4 rings (SSSR count). The van der Waals surface area contributed by atoms with Crippen LogP contribution in [0.2, 0.25) is 0 Å². The van der Waals surface area contributed by atoms with Crippen LogP contribution in [0.1, 0.15) is 33.6 Å². The van der Waals surface area contributed by atoms with Crippen LogP contribution in [-0.2, 0) is 23.8 Å². The zero-order valence-electron chi connectivity index (χ0n) is 14.9. The maximum Gasteiger partial charge on any atom is 0.334 e. The van der Waals surface area contributed by atoms with Gasteiger partial charge in [-0.2, -0.15) is 0 Å². The van der Waals surface area contributed by atoms with Crippen LogP contribution in [0.3, 0.4) is 0 Å². The molecule has 2 aliphatic carbocycles. The minimum absolute atomic E-state index is 0.0197. The van der Waals surface area contributed by atoms with Gasteiger partial charge in [-0.15, -0.1) is 0 Å². The zero-order valence-corrected chi connectivity index (χ0v) is 14.9. The van der Waals surface area contributed by atoms with Gasteiger partial charge < -0.3 is 14.2 Å². The van der Waals surface area contributed by atoms with Crippen molar-refractivity contribution in [2.75, 3.05) is 0 Å². The van der Waals surface area contributed by atoms with E-state index in [4.69, 9.17) is 14.2 Å². The molecule has 0 amide bonds. The van der Waals surface area contributed by atoms with Crippen LogP contribution in [0.5, 0.6) is 0 Å². The molecule has 2 heterocycles. The van der Waals surface area contributed by atoms with Crippen molar-refractivity contribution >= 4 is 11.9 Å². The third kappa shape index (κ3) is 2.18. The number of allylic oxidation sites excluding steroid dienone is 1. The van der Waals surface area contributed by atoms with Crippen LogP contribution in [0, 0.1) is 17.3 Å². The quantitative estimate of drug-likeness (QED) is 0.333. The van der Waals surface area contributed by atoms with Gasteiger partial charge in [0.1, 0.15) is 24.4 Å². The molecule has 134 valence electrons. The van der Waals surface area contributed by atoms with Crippen LogP contribution in [0.15, 0.2) is 36.0 Å². The van der Waals surface area contributed by atoms with E-state index in [1.807, 2.05) is 6.92 Å². The van der Waals surface area contributed by atoms with Gasteiger partial charge in [0.25, 0.3) is 0 Å². The summed E-state index contributed by atoms with van der Waals surface area (Å²) in [6.45, 7) is 13.8. The van der Waals surface area contributed by atoms with Crippen molar-refractivity contribution in [3.8, 4) is 0 Å². The van der Waals surface area contributed by atoms with E-state index in [-0.39, 0.29) is 53.6 Å². The number of ether oxygens (including phenoxy) is 3. The van der Waals surface area contributed by atoms with Crippen molar-refractivity contribution < 1.29 is 23.8 Å². The van der Waals surface area contributed by atoms with E-state index < -0.39 is 0 Å². The highest BCUT2D eigenvalue weighted by atomic mass is 16.6. The first-order chi connectivity index (χ1) is 11.8. The average Bonchev–Trinajstić information content (AvgIpc) is 3.32. The van der Waals surface area contributed by atoms with Gasteiger partial charge in [0.05, 0.1) is 0 Å². The van der Waals surface area contributed by atoms with Crippen molar-refractivity contribution in [3.63, 3.8) is 0 Å². The Morgan fingerprint density at radius 2 is 2.08 bits per heavy atom. The summed E-state index contributed by atoms with van der Waals surface area (Å²) in [6, 6.07) is 0. The lowest BCUT2D eigenvalue weighted by molar-refractivity contribution is -0.168. The van der Waals surface area contributed by atoms with E-state index in [9.17, 15) is 9.59 Å². The minimum Gasteiger partial charge on any atom is -0.458 e. The van der Waals surface area contributed by atoms with Crippen molar-refractivity contribution in [2.45, 2.75) is 58.0 Å². The lowest BCUT2D eigenvalue weighted by Crippen LogP contribution is -2.57. The van der Waals surface area contributed by atoms with E-state index in [1.165, 1.54) is 0 Å². The molecule has 7 atom stereocenters. The second-order valence-electron chi connectivity index (χ2n) is 7.92. The Labute approximate surface area is 147 Å². The molecule has 0 aromatic heterocycles. The molecule has 0 aromatic carbocycles. The molecule has 2 saturated heterocycles. The standard InChI is InChI=1S/C20H24O5/c1-6-9(2)18(21)25-17-16-14(23-16)11(4)13-15-12(7-8-20(13,17)5)10(3)19(22)24-15/h6,12-17H,3-4,7-8H2,1-2,5H3/b9-6-/t12-,13-,14-,15+,16-,17-,20-/m1/s1. The summed E-state index contributed by atoms with van der Waals surface area (Å²) < 4.78 is 17.4. The average molecular weight is 344 g/mol. The number of hydrogen-bond acceptors (Lipinski definition) is 5. The topological polar surface area (TPSA) is 65.1 Å². The molecule has 0 N–H and O–H groups in total. The fraction of sp³-hybridized carbons (Fsp3) is 0.600. The molecule has 5 nitrogen and oxygen atoms in total. The van der Waals surface area contributed by atoms with Gasteiger partial charge in [-0.3, -0.25) is 0 Å². The fourth-order valence-corrected chi connectivity index (χ4v) is 4.95. The third-order valence-corrected chi connectivity index (χ3v) is 6.61. The Hall–Kier alpha value is -1.88. The van der Waals surface area contributed by atoms with Gasteiger partial charge in [0, 0.05) is 28.4 Å². The summed E-state index contributed by atoms with van der Waals surface area (Å²) in [6.07, 6.45) is 2.46. The predicted molar refractivity (Wildman–Crippen MR) is 90.5 cm³/mol. The van der Waals surface area contributed by atoms with Gasteiger partial charge in [-0.25, -0.2) is 9.59 Å². The first kappa shape index (κ1) is 16.6. The van der Waals surface area contributed by atoms with Crippen LogP contribution in [0.25, 0.3) is 0 Å². The molecule has 0 bridgehead atoms. The van der Waals surface area contributed by atoms with Crippen molar-refractivity contribution in [2.24, 2.45) is 17.3 Å². The van der Waals surface area contributed by atoms with Gasteiger partial charge in [0.15, 0.2) is 0 Å². The Bertz CT molecular complexity index is 720. The molecule has 2 aliphatic heterocycles. The molecule has 0 spiro atoms. The van der Waals surface area contributed by atoms with Crippen LogP contribution >= 0.6 is 0 Å². The van der Waals surface area contributed by atoms with E-state index in [0.717, 1.165) is 18.4 Å². The molecule has 25 heavy (non-hydrogen) atoms. The molecular weight excluding hydrogens is 320 g/mol. The molecule has 0 radical (unpaired) electrons. The first-order valence-electron chi connectivity index (χ1n) is 8.87. The maximum atomic E-state index is 12.4. The largest absolute Gasteiger partial charge is 0.458 e. The normalized spacial score (nSPS) is 45.2. The number of fused-ring (bicyclic) bond motifs is 4. The van der Waals surface area contributed by atoms with Crippen molar-refractivity contribution in [1.82, 2.24) is 0 Å². The van der Waals surface area contributed by atoms with E-state index >= 15 is 0 Å². The second kappa shape index (κ2) is 5.31. The van der Waals surface area contributed by atoms with Crippen molar-refractivity contribution in [1.29, 1.82) is 0 Å². The Morgan fingerprint density at radius 3 is 2.76 bits per heavy atom. The fourth-order valence-electron chi connectivity index (χ4n) is 4.95. The number of hydrogen-bond donors (Lipinski definition) is 0. The highest BCUT2D eigenvalue weighted by Crippen LogP contribution is 2.62. The number of epoxide rings is 1. The highest BCUT2D eigenvalue weighted by molar-refractivity contribution is 5.91. The Kier molecular flexibility index (Phi) is 3.52. The van der Waals surface area contributed by atoms with Crippen LogP contribution in [0.4, 0.5) is 0 Å². The monoisotopic (exact) mass is 344 g/mol. The molecule has 4 aliphatic rings. The smallest absolute Gasteiger partial charge is 0.334 e. The van der Waals surface area contributed by atoms with Crippen LogP contribution in [-0.4, -0.2) is 36.4 Å². The third-order valence-electron chi connectivity index (χ3n) is 6.61. The van der Waals surface area contributed by atoms with Gasteiger partial charge in [0.2, 0.25) is 0 Å². The van der Waals surface area contributed by atoms with Crippen molar-refractivity contribution in [3.05, 3.63) is 36.0 Å². The number of carbonyl (C=O) groups excluding carboxylic acids is 2. The highest BCUT2D eigenvalue weighted by Gasteiger charge is 2.69. The summed E-state index contributed by atoms with van der Waals surface area (Å²) in [4.78, 5) is 24.4. The lowest BCUT2D eigenvalue weighted by Gasteiger charge is -2.51. The molecule has 0 aromatic rings. The van der Waals surface area contributed by atoms with E-state index in [2.05, 4.69) is 20.1 Å². The van der Waals surface area contributed by atoms with Gasteiger partial charge >= 0.3 is 11.9 Å². The number of carbonyl (C=O) groups is 2. The summed E-state index contributed by atoms with van der Waals surface area (Å²) in [7, 11) is 0. The van der Waals surface area contributed by atoms with Crippen LogP contribution < -0.4 is 0 Å².